The average molecular weight is 328 g/mol. The number of aromatic nitrogens is 4. The van der Waals surface area contributed by atoms with Crippen LogP contribution in [0.5, 0.6) is 0 Å². The number of anilines is 2. The Morgan fingerprint density at radius 1 is 1.04 bits per heavy atom. The predicted octanol–water partition coefficient (Wildman–Crippen LogP) is 1.11. The summed E-state index contributed by atoms with van der Waals surface area (Å²) in [5.41, 5.74) is -0.0896. The molecule has 7 nitrogen and oxygen atoms in total. The van der Waals surface area contributed by atoms with Crippen LogP contribution in [0.3, 0.4) is 0 Å². The highest BCUT2D eigenvalue weighted by Crippen LogP contribution is 2.27. The monoisotopic (exact) mass is 328 g/mol. The SMILES string of the molecule is Cn1nc(N2CCN(c3ncnc4sccc34)CC2)ccc1=O. The summed E-state index contributed by atoms with van der Waals surface area (Å²) in [5.74, 6) is 1.85. The van der Waals surface area contributed by atoms with Gasteiger partial charge in [0.1, 0.15) is 22.8 Å². The van der Waals surface area contributed by atoms with Crippen LogP contribution < -0.4 is 15.4 Å². The summed E-state index contributed by atoms with van der Waals surface area (Å²) in [6, 6.07) is 5.43. The van der Waals surface area contributed by atoms with Gasteiger partial charge in [-0.05, 0) is 17.5 Å². The lowest BCUT2D eigenvalue weighted by Crippen LogP contribution is -2.47. The van der Waals surface area contributed by atoms with E-state index in [-0.39, 0.29) is 5.56 Å². The van der Waals surface area contributed by atoms with Crippen LogP contribution in [-0.4, -0.2) is 45.9 Å². The number of nitrogens with zero attached hydrogens (tertiary/aromatic N) is 6. The zero-order chi connectivity index (χ0) is 15.8. The first-order chi connectivity index (χ1) is 11.2. The summed E-state index contributed by atoms with van der Waals surface area (Å²) in [6.45, 7) is 3.43. The van der Waals surface area contributed by atoms with Crippen molar-refractivity contribution in [3.05, 3.63) is 40.3 Å². The first-order valence-electron chi connectivity index (χ1n) is 7.45. The molecule has 3 aromatic heterocycles. The molecule has 4 heterocycles. The fourth-order valence-electron chi connectivity index (χ4n) is 2.83. The van der Waals surface area contributed by atoms with Crippen molar-refractivity contribution in [1.29, 1.82) is 0 Å². The zero-order valence-electron chi connectivity index (χ0n) is 12.7. The maximum absolute atomic E-state index is 11.5. The van der Waals surface area contributed by atoms with E-state index in [1.54, 1.807) is 36.8 Å². The summed E-state index contributed by atoms with van der Waals surface area (Å²) in [6.07, 6.45) is 1.63. The molecule has 0 aliphatic carbocycles. The minimum absolute atomic E-state index is 0.0896. The molecule has 0 unspecified atom stereocenters. The molecule has 0 saturated carbocycles. The average Bonchev–Trinajstić information content (AvgIpc) is 3.06. The topological polar surface area (TPSA) is 67.2 Å². The van der Waals surface area contributed by atoms with Crippen LogP contribution in [-0.2, 0) is 7.05 Å². The summed E-state index contributed by atoms with van der Waals surface area (Å²) < 4.78 is 1.38. The highest BCUT2D eigenvalue weighted by atomic mass is 32.1. The molecule has 1 fully saturated rings. The zero-order valence-corrected chi connectivity index (χ0v) is 13.5. The second-order valence-corrected chi connectivity index (χ2v) is 6.36. The first kappa shape index (κ1) is 14.1. The summed E-state index contributed by atoms with van der Waals surface area (Å²) in [5, 5.41) is 7.49. The number of fused-ring (bicyclic) bond motifs is 1. The Morgan fingerprint density at radius 3 is 2.61 bits per heavy atom. The molecule has 1 saturated heterocycles. The van der Waals surface area contributed by atoms with E-state index in [9.17, 15) is 4.79 Å². The molecule has 0 amide bonds. The fraction of sp³-hybridized carbons (Fsp3) is 0.333. The third-order valence-corrected chi connectivity index (χ3v) is 4.91. The van der Waals surface area contributed by atoms with Crippen LogP contribution in [0.15, 0.2) is 34.7 Å². The maximum atomic E-state index is 11.5. The van der Waals surface area contributed by atoms with Gasteiger partial charge in [0.05, 0.1) is 5.39 Å². The second kappa shape index (κ2) is 5.62. The molecule has 0 radical (unpaired) electrons. The highest BCUT2D eigenvalue weighted by molar-refractivity contribution is 7.16. The lowest BCUT2D eigenvalue weighted by molar-refractivity contribution is 0.620. The Kier molecular flexibility index (Phi) is 3.45. The normalized spacial score (nSPS) is 15.3. The van der Waals surface area contributed by atoms with Crippen LogP contribution in [0.1, 0.15) is 0 Å². The van der Waals surface area contributed by atoms with Gasteiger partial charge in [0.2, 0.25) is 0 Å². The summed E-state index contributed by atoms with van der Waals surface area (Å²) in [7, 11) is 1.68. The van der Waals surface area contributed by atoms with Crippen molar-refractivity contribution in [3.63, 3.8) is 0 Å². The minimum Gasteiger partial charge on any atom is -0.352 e. The van der Waals surface area contributed by atoms with Crippen molar-refractivity contribution >= 4 is 33.2 Å². The lowest BCUT2D eigenvalue weighted by atomic mass is 10.2. The van der Waals surface area contributed by atoms with Gasteiger partial charge in [-0.1, -0.05) is 0 Å². The molecular weight excluding hydrogens is 312 g/mol. The van der Waals surface area contributed by atoms with Crippen molar-refractivity contribution in [1.82, 2.24) is 19.7 Å². The Hall–Kier alpha value is -2.48. The van der Waals surface area contributed by atoms with E-state index < -0.39 is 0 Å². The Labute approximate surface area is 136 Å². The van der Waals surface area contributed by atoms with Crippen molar-refractivity contribution in [3.8, 4) is 0 Å². The van der Waals surface area contributed by atoms with Gasteiger partial charge < -0.3 is 9.80 Å². The van der Waals surface area contributed by atoms with E-state index in [0.29, 0.717) is 0 Å². The molecule has 0 aromatic carbocycles. The number of thiophene rings is 1. The minimum atomic E-state index is -0.0896. The van der Waals surface area contributed by atoms with Crippen LogP contribution >= 0.6 is 11.3 Å². The molecule has 8 heteroatoms. The van der Waals surface area contributed by atoms with E-state index in [1.807, 2.05) is 5.38 Å². The van der Waals surface area contributed by atoms with Gasteiger partial charge in [-0.3, -0.25) is 4.79 Å². The highest BCUT2D eigenvalue weighted by Gasteiger charge is 2.21. The third kappa shape index (κ3) is 2.55. The van der Waals surface area contributed by atoms with E-state index in [2.05, 4.69) is 30.9 Å². The molecule has 0 bridgehead atoms. The number of hydrogen-bond donors (Lipinski definition) is 0. The van der Waals surface area contributed by atoms with Crippen LogP contribution in [0.4, 0.5) is 11.6 Å². The van der Waals surface area contributed by atoms with E-state index in [0.717, 1.165) is 48.0 Å². The lowest BCUT2D eigenvalue weighted by Gasteiger charge is -2.36. The standard InChI is InChI=1S/C15H16N6OS/c1-19-13(22)3-2-12(18-19)20-5-7-21(8-6-20)14-11-4-9-23-15(11)17-10-16-14/h2-4,9-10H,5-8H2,1H3. The summed E-state index contributed by atoms with van der Waals surface area (Å²) in [4.78, 5) is 25.7. The quantitative estimate of drug-likeness (QED) is 0.702. The first-order valence-corrected chi connectivity index (χ1v) is 8.33. The number of aryl methyl sites for hydroxylation is 1. The maximum Gasteiger partial charge on any atom is 0.266 e. The van der Waals surface area contributed by atoms with E-state index in [4.69, 9.17) is 0 Å². The van der Waals surface area contributed by atoms with Gasteiger partial charge in [0, 0.05) is 39.3 Å². The molecule has 0 N–H and O–H groups in total. The molecule has 0 atom stereocenters. The van der Waals surface area contributed by atoms with Crippen molar-refractivity contribution in [2.45, 2.75) is 0 Å². The van der Waals surface area contributed by atoms with Gasteiger partial charge in [0.15, 0.2) is 0 Å². The van der Waals surface area contributed by atoms with Crippen molar-refractivity contribution in [2.24, 2.45) is 7.05 Å². The Balaban J connectivity index is 1.54. The molecule has 118 valence electrons. The van der Waals surface area contributed by atoms with Gasteiger partial charge in [-0.2, -0.15) is 5.10 Å². The van der Waals surface area contributed by atoms with Gasteiger partial charge in [-0.25, -0.2) is 14.6 Å². The van der Waals surface area contributed by atoms with Crippen LogP contribution in [0, 0.1) is 0 Å². The Bertz CT molecular complexity index is 896. The number of piperazine rings is 1. The third-order valence-electron chi connectivity index (χ3n) is 4.09. The van der Waals surface area contributed by atoms with Crippen molar-refractivity contribution in [2.75, 3.05) is 36.0 Å². The van der Waals surface area contributed by atoms with Crippen LogP contribution in [0.2, 0.25) is 0 Å². The van der Waals surface area contributed by atoms with Gasteiger partial charge in [0.25, 0.3) is 5.56 Å². The molecular formula is C15H16N6OS. The predicted molar refractivity (Wildman–Crippen MR) is 91.3 cm³/mol. The van der Waals surface area contributed by atoms with E-state index in [1.165, 1.54) is 4.68 Å². The number of rotatable bonds is 2. The van der Waals surface area contributed by atoms with Crippen LogP contribution in [0.25, 0.3) is 10.2 Å². The Morgan fingerprint density at radius 2 is 1.83 bits per heavy atom. The molecule has 4 rings (SSSR count). The van der Waals surface area contributed by atoms with Gasteiger partial charge >= 0.3 is 0 Å². The van der Waals surface area contributed by atoms with E-state index >= 15 is 0 Å². The number of hydrogen-bond acceptors (Lipinski definition) is 7. The van der Waals surface area contributed by atoms with Crippen molar-refractivity contribution < 1.29 is 0 Å². The summed E-state index contributed by atoms with van der Waals surface area (Å²) >= 11 is 1.64. The van der Waals surface area contributed by atoms with Gasteiger partial charge in [-0.15, -0.1) is 11.3 Å². The molecule has 1 aliphatic rings. The molecule has 23 heavy (non-hydrogen) atoms. The molecule has 0 spiro atoms. The fourth-order valence-corrected chi connectivity index (χ4v) is 3.56. The molecule has 3 aromatic rings. The molecule has 1 aliphatic heterocycles. The smallest absolute Gasteiger partial charge is 0.266 e. The second-order valence-electron chi connectivity index (χ2n) is 5.46. The largest absolute Gasteiger partial charge is 0.352 e.